The molecule has 2 saturated heterocycles. The van der Waals surface area contributed by atoms with Crippen molar-refractivity contribution in [2.75, 3.05) is 39.4 Å². The van der Waals surface area contributed by atoms with Gasteiger partial charge in [0, 0.05) is 6.54 Å². The van der Waals surface area contributed by atoms with Crippen molar-refractivity contribution in [1.82, 2.24) is 14.1 Å². The van der Waals surface area contributed by atoms with Gasteiger partial charge >= 0.3 is 17.8 Å². The van der Waals surface area contributed by atoms with Gasteiger partial charge < -0.3 is 4.90 Å². The van der Waals surface area contributed by atoms with Gasteiger partial charge in [0.05, 0.1) is 31.9 Å². The lowest BCUT2D eigenvalue weighted by Gasteiger charge is -2.32. The van der Waals surface area contributed by atoms with Crippen LogP contribution in [0, 0.1) is 0 Å². The van der Waals surface area contributed by atoms with Gasteiger partial charge in [0.1, 0.15) is 0 Å². The summed E-state index contributed by atoms with van der Waals surface area (Å²) < 4.78 is 26.6. The van der Waals surface area contributed by atoms with E-state index in [0.717, 1.165) is 20.3 Å². The Morgan fingerprint density at radius 2 is 1.61 bits per heavy atom. The van der Waals surface area contributed by atoms with E-state index in [1.165, 1.54) is 10.4 Å². The van der Waals surface area contributed by atoms with Gasteiger partial charge in [-0.15, -0.1) is 6.58 Å². The molecule has 0 bridgehead atoms. The molecule has 2 heterocycles. The van der Waals surface area contributed by atoms with Gasteiger partial charge in [-0.3, -0.25) is 14.5 Å². The Labute approximate surface area is 163 Å². The number of imide groups is 2. The predicted molar refractivity (Wildman–Crippen MR) is 100 cm³/mol. The van der Waals surface area contributed by atoms with Crippen LogP contribution in [0.3, 0.4) is 0 Å². The highest BCUT2D eigenvalue weighted by atomic mass is 32.2. The predicted octanol–water partition coefficient (Wildman–Crippen LogP) is -1.35. The van der Waals surface area contributed by atoms with E-state index in [1.807, 2.05) is 6.07 Å². The monoisotopic (exact) mass is 407 g/mol. The molecule has 1 aromatic carbocycles. The van der Waals surface area contributed by atoms with Crippen molar-refractivity contribution in [1.29, 1.82) is 0 Å². The van der Waals surface area contributed by atoms with Crippen molar-refractivity contribution in [3.8, 4) is 0 Å². The fraction of sp³-hybridized carbons (Fsp3) is 0.389. The summed E-state index contributed by atoms with van der Waals surface area (Å²) in [5.74, 6) is -1.76. The van der Waals surface area contributed by atoms with Crippen LogP contribution in [0.15, 0.2) is 43.0 Å². The fourth-order valence-corrected chi connectivity index (χ4v) is 4.85. The van der Waals surface area contributed by atoms with E-state index < -0.39 is 27.9 Å². The van der Waals surface area contributed by atoms with Crippen molar-refractivity contribution in [3.63, 3.8) is 0 Å². The Hall–Kier alpha value is -2.56. The highest BCUT2D eigenvalue weighted by Gasteiger charge is 2.46. The van der Waals surface area contributed by atoms with Crippen molar-refractivity contribution < 1.29 is 27.7 Å². The van der Waals surface area contributed by atoms with Crippen LogP contribution in [0.1, 0.15) is 5.56 Å². The number of carbonyl (C=O) groups excluding carboxylic acids is 3. The molecule has 0 unspecified atom stereocenters. The molecule has 1 aromatic rings. The quantitative estimate of drug-likeness (QED) is 0.342. The largest absolute Gasteiger partial charge is 0.339 e. The van der Waals surface area contributed by atoms with Gasteiger partial charge in [0.2, 0.25) is 10.0 Å². The van der Waals surface area contributed by atoms with Crippen LogP contribution < -0.4 is 4.90 Å². The zero-order chi connectivity index (χ0) is 20.3. The van der Waals surface area contributed by atoms with Gasteiger partial charge in [0.25, 0.3) is 0 Å². The number of rotatable bonds is 7. The molecule has 4 amide bonds. The Bertz CT molecular complexity index is 878. The highest BCUT2D eigenvalue weighted by molar-refractivity contribution is 7.88. The first-order valence-electron chi connectivity index (χ1n) is 8.97. The van der Waals surface area contributed by atoms with Crippen LogP contribution in [0.5, 0.6) is 0 Å². The maximum Gasteiger partial charge on any atom is 0.339 e. The number of piperazine rings is 1. The first-order chi connectivity index (χ1) is 13.3. The third-order valence-electron chi connectivity index (χ3n) is 4.84. The number of amides is 4. The number of hydrogen-bond acceptors (Lipinski definition) is 5. The molecule has 1 N–H and O–H groups in total. The van der Waals surface area contributed by atoms with Crippen LogP contribution in [0.2, 0.25) is 0 Å². The average molecular weight is 407 g/mol. The fourth-order valence-electron chi connectivity index (χ4n) is 3.32. The molecular weight excluding hydrogens is 384 g/mol. The maximum absolute atomic E-state index is 12.6. The lowest BCUT2D eigenvalue weighted by Crippen LogP contribution is -3.16. The normalized spacial score (nSPS) is 19.5. The molecule has 9 nitrogen and oxygen atoms in total. The molecule has 0 saturated carbocycles. The summed E-state index contributed by atoms with van der Waals surface area (Å²) in [6.07, 6.45) is 1.38. The summed E-state index contributed by atoms with van der Waals surface area (Å²) in [6, 6.07) is 8.33. The molecule has 0 radical (unpaired) electrons. The number of nitrogens with zero attached hydrogens (tertiary/aromatic N) is 3. The molecule has 3 rings (SSSR count). The Kier molecular flexibility index (Phi) is 5.92. The van der Waals surface area contributed by atoms with Gasteiger partial charge in [-0.2, -0.15) is 4.31 Å². The molecule has 28 heavy (non-hydrogen) atoms. The number of carbonyl (C=O) groups is 3. The van der Waals surface area contributed by atoms with Gasteiger partial charge in [-0.1, -0.05) is 36.4 Å². The summed E-state index contributed by atoms with van der Waals surface area (Å²) in [4.78, 5) is 38.9. The van der Waals surface area contributed by atoms with E-state index in [9.17, 15) is 22.8 Å². The zero-order valence-corrected chi connectivity index (χ0v) is 16.2. The number of sulfonamides is 1. The second-order valence-electron chi connectivity index (χ2n) is 6.77. The number of nitrogens with one attached hydrogen (secondary N) is 1. The summed E-state index contributed by atoms with van der Waals surface area (Å²) in [6.45, 7) is 4.99. The van der Waals surface area contributed by atoms with Gasteiger partial charge in [0.15, 0.2) is 6.67 Å². The van der Waals surface area contributed by atoms with E-state index in [1.54, 1.807) is 24.3 Å². The minimum absolute atomic E-state index is 0.0131. The third kappa shape index (κ3) is 4.13. The van der Waals surface area contributed by atoms with Crippen molar-refractivity contribution in [2.24, 2.45) is 0 Å². The Balaban J connectivity index is 1.57. The van der Waals surface area contributed by atoms with Crippen molar-refractivity contribution in [2.45, 2.75) is 5.75 Å². The van der Waals surface area contributed by atoms with E-state index in [0.29, 0.717) is 26.2 Å². The lowest BCUT2D eigenvalue weighted by molar-refractivity contribution is -0.910. The SMILES string of the molecule is C=CCN1C(=O)C(=O)N(C[NH+]2CCN(S(=O)(=O)Cc3ccccc3)CC2)C1=O. The van der Waals surface area contributed by atoms with Gasteiger partial charge in [-0.25, -0.2) is 18.1 Å². The number of hydrogen-bond donors (Lipinski definition) is 1. The first kappa shape index (κ1) is 20.2. The molecule has 2 aliphatic rings. The molecule has 10 heteroatoms. The van der Waals surface area contributed by atoms with E-state index in [2.05, 4.69) is 6.58 Å². The molecule has 0 aromatic heterocycles. The van der Waals surface area contributed by atoms with E-state index in [4.69, 9.17) is 0 Å². The van der Waals surface area contributed by atoms with E-state index in [-0.39, 0.29) is 19.0 Å². The summed E-state index contributed by atoms with van der Waals surface area (Å²) in [7, 11) is -3.43. The molecule has 2 aliphatic heterocycles. The van der Waals surface area contributed by atoms with Crippen LogP contribution in [0.25, 0.3) is 0 Å². The standard InChI is InChI=1S/C18H22N4O5S/c1-2-8-21-16(23)17(24)22(18(21)25)14-19-9-11-20(12-10-19)28(26,27)13-15-6-4-3-5-7-15/h2-7H,1,8-14H2/p+1. The van der Waals surface area contributed by atoms with E-state index >= 15 is 0 Å². The Morgan fingerprint density at radius 1 is 1.00 bits per heavy atom. The van der Waals surface area contributed by atoms with Gasteiger partial charge in [-0.05, 0) is 5.56 Å². The molecule has 150 valence electrons. The topological polar surface area (TPSA) is 99.5 Å². The van der Waals surface area contributed by atoms with Crippen LogP contribution >= 0.6 is 0 Å². The summed E-state index contributed by atoms with van der Waals surface area (Å²) in [5, 5.41) is 0. The van der Waals surface area contributed by atoms with Crippen molar-refractivity contribution in [3.05, 3.63) is 48.6 Å². The molecule has 0 spiro atoms. The van der Waals surface area contributed by atoms with Crippen LogP contribution in [-0.2, 0) is 25.4 Å². The second kappa shape index (κ2) is 8.21. The van der Waals surface area contributed by atoms with Crippen molar-refractivity contribution >= 4 is 27.9 Å². The summed E-state index contributed by atoms with van der Waals surface area (Å²) >= 11 is 0. The third-order valence-corrected chi connectivity index (χ3v) is 6.69. The minimum atomic E-state index is -3.43. The Morgan fingerprint density at radius 3 is 2.21 bits per heavy atom. The highest BCUT2D eigenvalue weighted by Crippen LogP contribution is 2.12. The average Bonchev–Trinajstić information content (AvgIpc) is 2.87. The van der Waals surface area contributed by atoms with Crippen LogP contribution in [-0.4, -0.2) is 79.8 Å². The zero-order valence-electron chi connectivity index (χ0n) is 15.4. The molecule has 0 aliphatic carbocycles. The smallest absolute Gasteiger partial charge is 0.315 e. The maximum atomic E-state index is 12.6. The lowest BCUT2D eigenvalue weighted by atomic mass is 10.2. The molecule has 0 atom stereocenters. The number of quaternary nitrogens is 1. The first-order valence-corrected chi connectivity index (χ1v) is 10.6. The molecular formula is C18H23N4O5S+. The van der Waals surface area contributed by atoms with Crippen LogP contribution in [0.4, 0.5) is 4.79 Å². The number of benzene rings is 1. The number of urea groups is 1. The molecule has 2 fully saturated rings. The minimum Gasteiger partial charge on any atom is -0.315 e. The second-order valence-corrected chi connectivity index (χ2v) is 8.74. The summed E-state index contributed by atoms with van der Waals surface area (Å²) in [5.41, 5.74) is 0.728.